The lowest BCUT2D eigenvalue weighted by Crippen LogP contribution is -2.12. The number of hydrogen-bond donors (Lipinski definition) is 0. The van der Waals surface area contributed by atoms with Gasteiger partial charge in [0.05, 0.1) is 0 Å². The summed E-state index contributed by atoms with van der Waals surface area (Å²) in [5, 5.41) is 0. The molecular formula is C11H13NO. The maximum Gasteiger partial charge on any atom is 0.124 e. The highest BCUT2D eigenvalue weighted by Gasteiger charge is 2.14. The Kier molecular flexibility index (Phi) is 2.05. The third-order valence-electron chi connectivity index (χ3n) is 2.60. The van der Waals surface area contributed by atoms with Crippen LogP contribution < -0.4 is 4.90 Å². The Morgan fingerprint density at radius 3 is 3.15 bits per heavy atom. The van der Waals surface area contributed by atoms with Crippen LogP contribution in [0.1, 0.15) is 11.1 Å². The fourth-order valence-electron chi connectivity index (χ4n) is 1.81. The van der Waals surface area contributed by atoms with E-state index in [-0.39, 0.29) is 0 Å². The zero-order valence-electron chi connectivity index (χ0n) is 7.79. The maximum atomic E-state index is 10.3. The van der Waals surface area contributed by atoms with Gasteiger partial charge in [-0.15, -0.1) is 0 Å². The van der Waals surface area contributed by atoms with Crippen molar-refractivity contribution in [3.63, 3.8) is 0 Å². The first kappa shape index (κ1) is 8.30. The average molecular weight is 175 g/mol. The molecule has 1 aliphatic heterocycles. The first-order chi connectivity index (χ1) is 6.31. The Morgan fingerprint density at radius 2 is 2.38 bits per heavy atom. The number of hydrogen-bond acceptors (Lipinski definition) is 2. The first-order valence-electron chi connectivity index (χ1n) is 4.58. The molecule has 1 heterocycles. The van der Waals surface area contributed by atoms with E-state index in [0.717, 1.165) is 24.8 Å². The molecule has 0 radical (unpaired) electrons. The van der Waals surface area contributed by atoms with Gasteiger partial charge in [-0.1, -0.05) is 12.1 Å². The highest BCUT2D eigenvalue weighted by atomic mass is 16.1. The van der Waals surface area contributed by atoms with E-state index in [1.807, 2.05) is 6.07 Å². The Bertz CT molecular complexity index is 333. The van der Waals surface area contributed by atoms with Crippen LogP contribution in [-0.4, -0.2) is 19.9 Å². The van der Waals surface area contributed by atoms with Gasteiger partial charge in [-0.2, -0.15) is 0 Å². The lowest BCUT2D eigenvalue weighted by atomic mass is 10.1. The van der Waals surface area contributed by atoms with Gasteiger partial charge in [0.15, 0.2) is 0 Å². The second kappa shape index (κ2) is 3.21. The molecule has 0 saturated heterocycles. The van der Waals surface area contributed by atoms with E-state index in [1.54, 1.807) is 0 Å². The molecule has 0 amide bonds. The topological polar surface area (TPSA) is 20.3 Å². The minimum Gasteiger partial charge on any atom is -0.374 e. The summed E-state index contributed by atoms with van der Waals surface area (Å²) >= 11 is 0. The van der Waals surface area contributed by atoms with Crippen LogP contribution in [-0.2, 0) is 17.6 Å². The molecule has 1 aromatic rings. The quantitative estimate of drug-likeness (QED) is 0.633. The van der Waals surface area contributed by atoms with Gasteiger partial charge in [-0.25, -0.2) is 0 Å². The van der Waals surface area contributed by atoms with Gasteiger partial charge in [-0.05, 0) is 23.6 Å². The van der Waals surface area contributed by atoms with Crippen molar-refractivity contribution in [1.29, 1.82) is 0 Å². The molecule has 0 N–H and O–H groups in total. The van der Waals surface area contributed by atoms with Crippen molar-refractivity contribution in [3.8, 4) is 0 Å². The summed E-state index contributed by atoms with van der Waals surface area (Å²) in [6.45, 7) is 1.10. The van der Waals surface area contributed by atoms with Crippen molar-refractivity contribution in [2.75, 3.05) is 18.5 Å². The number of nitrogens with zero attached hydrogens (tertiary/aromatic N) is 1. The number of benzene rings is 1. The Labute approximate surface area is 78.2 Å². The van der Waals surface area contributed by atoms with Gasteiger partial charge in [0.2, 0.25) is 0 Å². The van der Waals surface area contributed by atoms with Crippen LogP contribution in [0.4, 0.5) is 5.69 Å². The third kappa shape index (κ3) is 1.44. The summed E-state index contributed by atoms with van der Waals surface area (Å²) in [5.41, 5.74) is 3.80. The molecular weight excluding hydrogens is 162 g/mol. The van der Waals surface area contributed by atoms with Gasteiger partial charge in [0.25, 0.3) is 0 Å². The number of anilines is 1. The van der Waals surface area contributed by atoms with Gasteiger partial charge < -0.3 is 9.69 Å². The first-order valence-corrected chi connectivity index (χ1v) is 4.58. The molecule has 0 unspecified atom stereocenters. The molecule has 0 fully saturated rings. The molecule has 2 heteroatoms. The molecule has 1 aromatic carbocycles. The monoisotopic (exact) mass is 175 g/mol. The van der Waals surface area contributed by atoms with E-state index in [0.29, 0.717) is 6.42 Å². The fraction of sp³-hybridized carbons (Fsp3) is 0.364. The molecule has 0 atom stereocenters. The van der Waals surface area contributed by atoms with Crippen LogP contribution >= 0.6 is 0 Å². The maximum absolute atomic E-state index is 10.3. The number of aldehydes is 1. The molecule has 2 nitrogen and oxygen atoms in total. The molecule has 0 bridgehead atoms. The second-order valence-electron chi connectivity index (χ2n) is 3.51. The van der Waals surface area contributed by atoms with Gasteiger partial charge in [0, 0.05) is 25.7 Å². The smallest absolute Gasteiger partial charge is 0.124 e. The minimum atomic E-state index is 0.529. The van der Waals surface area contributed by atoms with Gasteiger partial charge in [-0.3, -0.25) is 0 Å². The van der Waals surface area contributed by atoms with E-state index in [1.165, 1.54) is 11.3 Å². The van der Waals surface area contributed by atoms with Gasteiger partial charge >= 0.3 is 0 Å². The Morgan fingerprint density at radius 1 is 1.54 bits per heavy atom. The SMILES string of the molecule is CN1CCc2ccc(CC=O)cc21. The predicted octanol–water partition coefficient (Wildman–Crippen LogP) is 1.42. The molecule has 0 saturated carbocycles. The zero-order chi connectivity index (χ0) is 9.26. The molecule has 1 aliphatic rings. The molecule has 0 spiro atoms. The second-order valence-corrected chi connectivity index (χ2v) is 3.51. The average Bonchev–Trinajstić information content (AvgIpc) is 2.49. The van der Waals surface area contributed by atoms with E-state index in [9.17, 15) is 4.79 Å². The summed E-state index contributed by atoms with van der Waals surface area (Å²) in [6.07, 6.45) is 2.62. The summed E-state index contributed by atoms with van der Waals surface area (Å²) < 4.78 is 0. The molecule has 13 heavy (non-hydrogen) atoms. The van der Waals surface area contributed by atoms with Crippen molar-refractivity contribution < 1.29 is 4.79 Å². The summed E-state index contributed by atoms with van der Waals surface area (Å²) in [6, 6.07) is 6.31. The predicted molar refractivity (Wildman–Crippen MR) is 53.2 cm³/mol. The van der Waals surface area contributed by atoms with Crippen LogP contribution in [0.15, 0.2) is 18.2 Å². The third-order valence-corrected chi connectivity index (χ3v) is 2.60. The van der Waals surface area contributed by atoms with E-state index in [4.69, 9.17) is 0 Å². The van der Waals surface area contributed by atoms with Crippen molar-refractivity contribution in [2.24, 2.45) is 0 Å². The number of carbonyl (C=O) groups is 1. The molecule has 0 aromatic heterocycles. The minimum absolute atomic E-state index is 0.529. The van der Waals surface area contributed by atoms with Crippen molar-refractivity contribution in [1.82, 2.24) is 0 Å². The summed E-state index contributed by atoms with van der Waals surface area (Å²) in [4.78, 5) is 12.6. The standard InChI is InChI=1S/C11H13NO/c1-12-6-4-10-3-2-9(5-7-13)8-11(10)12/h2-3,7-8H,4-6H2,1H3. The van der Waals surface area contributed by atoms with Crippen LogP contribution in [0.3, 0.4) is 0 Å². The van der Waals surface area contributed by atoms with Crippen molar-refractivity contribution in [2.45, 2.75) is 12.8 Å². The lowest BCUT2D eigenvalue weighted by Gasteiger charge is -2.12. The van der Waals surface area contributed by atoms with E-state index in [2.05, 4.69) is 24.1 Å². The number of carbonyl (C=O) groups excluding carboxylic acids is 1. The lowest BCUT2D eigenvalue weighted by molar-refractivity contribution is -0.107. The molecule has 2 rings (SSSR count). The van der Waals surface area contributed by atoms with E-state index < -0.39 is 0 Å². The highest BCUT2D eigenvalue weighted by molar-refractivity contribution is 5.62. The summed E-state index contributed by atoms with van der Waals surface area (Å²) in [5.74, 6) is 0. The number of rotatable bonds is 2. The molecule has 0 aliphatic carbocycles. The number of likely N-dealkylation sites (N-methyl/N-ethyl adjacent to an activating group) is 1. The van der Waals surface area contributed by atoms with Crippen LogP contribution in [0.5, 0.6) is 0 Å². The largest absolute Gasteiger partial charge is 0.374 e. The Hall–Kier alpha value is -1.31. The van der Waals surface area contributed by atoms with Crippen molar-refractivity contribution >= 4 is 12.0 Å². The fourth-order valence-corrected chi connectivity index (χ4v) is 1.81. The number of fused-ring (bicyclic) bond motifs is 1. The zero-order valence-corrected chi connectivity index (χ0v) is 7.79. The van der Waals surface area contributed by atoms with Crippen molar-refractivity contribution in [3.05, 3.63) is 29.3 Å². The molecule has 68 valence electrons. The normalized spacial score (nSPS) is 14.4. The summed E-state index contributed by atoms with van der Waals surface area (Å²) in [7, 11) is 2.09. The van der Waals surface area contributed by atoms with Gasteiger partial charge in [0.1, 0.15) is 6.29 Å². The van der Waals surface area contributed by atoms with Crippen LogP contribution in [0, 0.1) is 0 Å². The Balaban J connectivity index is 2.35. The van der Waals surface area contributed by atoms with Crippen LogP contribution in [0.25, 0.3) is 0 Å². The highest BCUT2D eigenvalue weighted by Crippen LogP contribution is 2.27. The van der Waals surface area contributed by atoms with E-state index >= 15 is 0 Å². The van der Waals surface area contributed by atoms with Crippen LogP contribution in [0.2, 0.25) is 0 Å².